The average Bonchev–Trinajstić information content (AvgIpc) is 1.37. The van der Waals surface area contributed by atoms with Crippen LogP contribution in [0.1, 0.15) is 0 Å². The van der Waals surface area contributed by atoms with E-state index >= 15 is 0 Å². The van der Waals surface area contributed by atoms with Crippen molar-refractivity contribution >= 4 is 8.73 Å². The van der Waals surface area contributed by atoms with Gasteiger partial charge in [0.05, 0.1) is 0 Å². The number of nitrogens with zero attached hydrogens (tertiary/aromatic N) is 1. The molecule has 0 heterocycles. The summed E-state index contributed by atoms with van der Waals surface area (Å²) in [6.45, 7) is 1.85. The van der Waals surface area contributed by atoms with Gasteiger partial charge in [0.2, 0.25) is 0 Å². The SMILES string of the molecule is CPN=N. The molecule has 24 valence electrons. The average molecular weight is 76.0 g/mol. The summed E-state index contributed by atoms with van der Waals surface area (Å²) in [7, 11) is 0.432. The van der Waals surface area contributed by atoms with E-state index < -0.39 is 0 Å². The number of rotatable bonds is 1. The first kappa shape index (κ1) is 4.03. The second-order valence-corrected chi connectivity index (χ2v) is 1.01. The Hall–Kier alpha value is 0.0300. The van der Waals surface area contributed by atoms with E-state index in [-0.39, 0.29) is 0 Å². The molecule has 3 heteroatoms. The van der Waals surface area contributed by atoms with E-state index in [1.54, 1.807) is 0 Å². The van der Waals surface area contributed by atoms with Crippen LogP contribution in [0, 0.1) is 5.53 Å². The molecule has 0 fully saturated rings. The van der Waals surface area contributed by atoms with Gasteiger partial charge >= 0.3 is 0 Å². The van der Waals surface area contributed by atoms with Gasteiger partial charge in [0, 0.05) is 8.73 Å². The molecule has 1 N–H and O–H groups in total. The first-order chi connectivity index (χ1) is 1.91. The van der Waals surface area contributed by atoms with Crippen LogP contribution in [0.25, 0.3) is 0 Å². The van der Waals surface area contributed by atoms with Crippen LogP contribution in [0.5, 0.6) is 0 Å². The van der Waals surface area contributed by atoms with Gasteiger partial charge in [-0.05, 0) is 6.66 Å². The van der Waals surface area contributed by atoms with Crippen LogP contribution < -0.4 is 0 Å². The Balaban J connectivity index is 2.30. The van der Waals surface area contributed by atoms with E-state index in [2.05, 4.69) is 4.88 Å². The second kappa shape index (κ2) is 3.03. The summed E-state index contributed by atoms with van der Waals surface area (Å²) in [6.07, 6.45) is 0. The van der Waals surface area contributed by atoms with Gasteiger partial charge in [0.15, 0.2) is 0 Å². The highest BCUT2D eigenvalue weighted by molar-refractivity contribution is 7.35. The highest BCUT2D eigenvalue weighted by Crippen LogP contribution is 1.98. The maximum atomic E-state index is 6.09. The third kappa shape index (κ3) is 2.03. The molecule has 4 heavy (non-hydrogen) atoms. The fourth-order valence-electron chi connectivity index (χ4n) is 0. The smallest absolute Gasteiger partial charge is 0.0221 e. The van der Waals surface area contributed by atoms with Crippen LogP contribution >= 0.6 is 8.73 Å². The predicted octanol–water partition coefficient (Wildman–Crippen LogP) is 1.24. The van der Waals surface area contributed by atoms with Gasteiger partial charge in [-0.15, -0.1) is 0 Å². The van der Waals surface area contributed by atoms with Gasteiger partial charge in [0.25, 0.3) is 0 Å². The fraction of sp³-hybridized carbons (Fsp3) is 1.00. The molecule has 0 bridgehead atoms. The van der Waals surface area contributed by atoms with Crippen LogP contribution in [0.2, 0.25) is 0 Å². The summed E-state index contributed by atoms with van der Waals surface area (Å²) in [5.41, 5.74) is 6.09. The van der Waals surface area contributed by atoms with Crippen molar-refractivity contribution in [3.8, 4) is 0 Å². The highest BCUT2D eigenvalue weighted by atomic mass is 31.1. The summed E-state index contributed by atoms with van der Waals surface area (Å²) < 4.78 is 0. The van der Waals surface area contributed by atoms with Gasteiger partial charge in [-0.3, -0.25) is 0 Å². The maximum Gasteiger partial charge on any atom is 0.0221 e. The first-order valence-corrected chi connectivity index (χ1v) is 2.39. The zero-order chi connectivity index (χ0) is 3.41. The molecule has 0 saturated carbocycles. The lowest BCUT2D eigenvalue weighted by Crippen LogP contribution is -1.18. The standard InChI is InChI=1S/CH5N2P/c1-4-3-2/h2,4H,1H3. The lowest BCUT2D eigenvalue weighted by molar-refractivity contribution is 1.25. The first-order valence-electron chi connectivity index (χ1n) is 0.947. The van der Waals surface area contributed by atoms with E-state index in [0.717, 1.165) is 0 Å². The molecule has 2 nitrogen and oxygen atoms in total. The van der Waals surface area contributed by atoms with Gasteiger partial charge in [-0.25, -0.2) is 5.53 Å². The molecular weight excluding hydrogens is 71.0 g/mol. The maximum absolute atomic E-state index is 6.09. The largest absolute Gasteiger partial charge is 0.206 e. The lowest BCUT2D eigenvalue weighted by atomic mass is 12.0. The summed E-state index contributed by atoms with van der Waals surface area (Å²) in [4.78, 5) is 3.01. The van der Waals surface area contributed by atoms with Crippen molar-refractivity contribution in [3.63, 3.8) is 0 Å². The molecule has 0 spiro atoms. The molecule has 0 aromatic rings. The van der Waals surface area contributed by atoms with Crippen molar-refractivity contribution < 1.29 is 0 Å². The Morgan fingerprint density at radius 2 is 2.25 bits per heavy atom. The zero-order valence-electron chi connectivity index (χ0n) is 2.45. The molecule has 0 saturated heterocycles. The molecule has 0 aromatic carbocycles. The van der Waals surface area contributed by atoms with Gasteiger partial charge in [0.1, 0.15) is 0 Å². The summed E-state index contributed by atoms with van der Waals surface area (Å²) in [5, 5.41) is 0. The molecule has 0 aromatic heterocycles. The van der Waals surface area contributed by atoms with Crippen LogP contribution in [0.3, 0.4) is 0 Å². The normalized spacial score (nSPS) is 9.25. The van der Waals surface area contributed by atoms with Crippen molar-refractivity contribution in [3.05, 3.63) is 0 Å². The van der Waals surface area contributed by atoms with Gasteiger partial charge < -0.3 is 0 Å². The summed E-state index contributed by atoms with van der Waals surface area (Å²) >= 11 is 0. The summed E-state index contributed by atoms with van der Waals surface area (Å²) in [6, 6.07) is 0. The number of hydrogen-bond donors (Lipinski definition) is 1. The topological polar surface area (TPSA) is 36.2 Å². The molecular formula is CH5N2P. The minimum Gasteiger partial charge on any atom is -0.206 e. The van der Waals surface area contributed by atoms with E-state index in [4.69, 9.17) is 5.53 Å². The predicted molar refractivity (Wildman–Crippen MR) is 19.4 cm³/mol. The van der Waals surface area contributed by atoms with Crippen molar-refractivity contribution in [2.75, 3.05) is 6.66 Å². The van der Waals surface area contributed by atoms with E-state index in [0.29, 0.717) is 8.73 Å². The van der Waals surface area contributed by atoms with Gasteiger partial charge in [-0.1, -0.05) is 0 Å². The van der Waals surface area contributed by atoms with Crippen LogP contribution in [0.15, 0.2) is 4.88 Å². The molecule has 1 unspecified atom stereocenters. The molecule has 0 amide bonds. The van der Waals surface area contributed by atoms with Gasteiger partial charge in [-0.2, -0.15) is 4.88 Å². The molecule has 0 aliphatic rings. The Labute approximate surface area is 26.9 Å². The third-order valence-corrected chi connectivity index (χ3v) is 0.335. The van der Waals surface area contributed by atoms with E-state index in [1.165, 1.54) is 0 Å². The van der Waals surface area contributed by atoms with E-state index in [1.807, 2.05) is 6.66 Å². The van der Waals surface area contributed by atoms with Crippen molar-refractivity contribution in [1.82, 2.24) is 0 Å². The molecule has 1 atom stereocenters. The quantitative estimate of drug-likeness (QED) is 0.360. The Morgan fingerprint density at radius 3 is 2.25 bits per heavy atom. The number of hydrogen-bond acceptors (Lipinski definition) is 2. The van der Waals surface area contributed by atoms with Crippen molar-refractivity contribution in [2.45, 2.75) is 0 Å². The zero-order valence-corrected chi connectivity index (χ0v) is 3.45. The van der Waals surface area contributed by atoms with Crippen molar-refractivity contribution in [1.29, 1.82) is 5.53 Å². The minimum absolute atomic E-state index is 0.432. The minimum atomic E-state index is 0.432. The fourth-order valence-corrected chi connectivity index (χ4v) is 0. The van der Waals surface area contributed by atoms with E-state index in [9.17, 15) is 0 Å². The Morgan fingerprint density at radius 1 is 2.00 bits per heavy atom. The molecule has 0 rings (SSSR count). The highest BCUT2D eigenvalue weighted by Gasteiger charge is 1.45. The van der Waals surface area contributed by atoms with Crippen LogP contribution in [-0.2, 0) is 0 Å². The summed E-state index contributed by atoms with van der Waals surface area (Å²) in [5.74, 6) is 0. The lowest BCUT2D eigenvalue weighted by Gasteiger charge is -1.58. The van der Waals surface area contributed by atoms with Crippen LogP contribution in [0.4, 0.5) is 0 Å². The molecule has 0 aliphatic heterocycles. The third-order valence-electron chi connectivity index (χ3n) is 0.112. The Bertz CT molecular complexity index is 20.0. The van der Waals surface area contributed by atoms with Crippen molar-refractivity contribution in [2.24, 2.45) is 4.88 Å². The Kier molecular flexibility index (Phi) is 3.05. The second-order valence-electron chi connectivity index (χ2n) is 0.335. The molecule has 0 aliphatic carbocycles. The molecule has 0 radical (unpaired) electrons. The monoisotopic (exact) mass is 76.0 g/mol. The van der Waals surface area contributed by atoms with Crippen LogP contribution in [-0.4, -0.2) is 6.66 Å². The number of nitrogens with one attached hydrogen (secondary N) is 1.